The van der Waals surface area contributed by atoms with Gasteiger partial charge in [0.15, 0.2) is 0 Å². The fourth-order valence-electron chi connectivity index (χ4n) is 3.77. The Morgan fingerprint density at radius 3 is 2.44 bits per heavy atom. The summed E-state index contributed by atoms with van der Waals surface area (Å²) in [6.45, 7) is 3.63. The number of carbonyl (C=O) groups excluding carboxylic acids is 1. The van der Waals surface area contributed by atoms with Crippen molar-refractivity contribution in [2.45, 2.75) is 38.6 Å². The van der Waals surface area contributed by atoms with Crippen LogP contribution in [0.1, 0.15) is 40.2 Å². The molecule has 0 aliphatic carbocycles. The van der Waals surface area contributed by atoms with Gasteiger partial charge >= 0.3 is 0 Å². The number of likely N-dealkylation sites (tertiary alicyclic amines) is 1. The van der Waals surface area contributed by atoms with Crippen molar-refractivity contribution in [1.29, 1.82) is 0 Å². The number of rotatable bonds is 8. The lowest BCUT2D eigenvalue weighted by Gasteiger charge is -2.29. The molecule has 2 N–H and O–H groups in total. The van der Waals surface area contributed by atoms with Crippen LogP contribution in [0.3, 0.4) is 0 Å². The molecule has 0 radical (unpaired) electrons. The van der Waals surface area contributed by atoms with Crippen LogP contribution < -0.4 is 10.1 Å². The summed E-state index contributed by atoms with van der Waals surface area (Å²) in [6.07, 6.45) is 5.16. The highest BCUT2D eigenvalue weighted by Gasteiger charge is 2.16. The number of aliphatic hydroxyl groups excluding tert-OH is 1. The van der Waals surface area contributed by atoms with Gasteiger partial charge in [0.25, 0.3) is 5.91 Å². The van der Waals surface area contributed by atoms with E-state index in [2.05, 4.69) is 39.5 Å². The van der Waals surface area contributed by atoms with Crippen molar-refractivity contribution in [1.82, 2.24) is 19.8 Å². The van der Waals surface area contributed by atoms with Gasteiger partial charge in [-0.3, -0.25) is 9.69 Å². The number of aromatic nitrogens is 2. The summed E-state index contributed by atoms with van der Waals surface area (Å²) in [4.78, 5) is 19.1. The lowest BCUT2D eigenvalue weighted by atomic mass is 10.1. The fourth-order valence-corrected chi connectivity index (χ4v) is 3.77. The SMILES string of the molecule is Cn1ccnc1COc1ccc(C(=O)NCc2ccc(CN3CCC(O)CC3)cc2)cc1. The van der Waals surface area contributed by atoms with E-state index < -0.39 is 0 Å². The van der Waals surface area contributed by atoms with Crippen molar-refractivity contribution in [3.05, 3.63) is 83.4 Å². The summed E-state index contributed by atoms with van der Waals surface area (Å²) in [5.74, 6) is 1.42. The molecule has 32 heavy (non-hydrogen) atoms. The minimum Gasteiger partial charge on any atom is -0.486 e. The first kappa shape index (κ1) is 22.0. The molecule has 3 aromatic rings. The van der Waals surface area contributed by atoms with Crippen molar-refractivity contribution >= 4 is 5.91 Å². The van der Waals surface area contributed by atoms with E-state index in [0.29, 0.717) is 24.5 Å². The van der Waals surface area contributed by atoms with Gasteiger partial charge in [0.1, 0.15) is 18.2 Å². The number of aryl methyl sites for hydroxylation is 1. The zero-order valence-corrected chi connectivity index (χ0v) is 18.4. The molecule has 7 heteroatoms. The summed E-state index contributed by atoms with van der Waals surface area (Å²) in [7, 11) is 1.92. The Morgan fingerprint density at radius 1 is 1.09 bits per heavy atom. The Balaban J connectivity index is 1.23. The molecule has 1 aliphatic heterocycles. The maximum atomic E-state index is 12.5. The van der Waals surface area contributed by atoms with Crippen molar-refractivity contribution in [2.24, 2.45) is 7.05 Å². The van der Waals surface area contributed by atoms with Gasteiger partial charge in [-0.25, -0.2) is 4.98 Å². The molecule has 1 aliphatic rings. The number of nitrogens with zero attached hydrogens (tertiary/aromatic N) is 3. The average Bonchev–Trinajstić information content (AvgIpc) is 3.23. The van der Waals surface area contributed by atoms with Crippen LogP contribution >= 0.6 is 0 Å². The van der Waals surface area contributed by atoms with Crippen LogP contribution in [-0.4, -0.2) is 44.7 Å². The molecule has 1 aromatic heterocycles. The van der Waals surface area contributed by atoms with Gasteiger partial charge < -0.3 is 19.7 Å². The number of hydrogen-bond acceptors (Lipinski definition) is 5. The number of hydrogen-bond donors (Lipinski definition) is 2. The van der Waals surface area contributed by atoms with Crippen molar-refractivity contribution in [3.63, 3.8) is 0 Å². The Morgan fingerprint density at radius 2 is 1.78 bits per heavy atom. The monoisotopic (exact) mass is 434 g/mol. The smallest absolute Gasteiger partial charge is 0.251 e. The topological polar surface area (TPSA) is 79.6 Å². The molecule has 0 spiro atoms. The molecule has 0 bridgehead atoms. The van der Waals surface area contributed by atoms with E-state index in [9.17, 15) is 9.90 Å². The van der Waals surface area contributed by atoms with E-state index in [1.54, 1.807) is 30.5 Å². The first-order chi connectivity index (χ1) is 15.6. The molecule has 4 rings (SSSR count). The second-order valence-electron chi connectivity index (χ2n) is 8.27. The predicted octanol–water partition coefficient (Wildman–Crippen LogP) is 2.89. The van der Waals surface area contributed by atoms with Crippen LogP contribution in [0.15, 0.2) is 60.9 Å². The Labute approximate surface area is 188 Å². The van der Waals surface area contributed by atoms with Crippen molar-refractivity contribution in [2.75, 3.05) is 13.1 Å². The van der Waals surface area contributed by atoms with E-state index in [1.165, 1.54) is 5.56 Å². The second kappa shape index (κ2) is 10.4. The van der Waals surface area contributed by atoms with Gasteiger partial charge in [-0.05, 0) is 48.2 Å². The highest BCUT2D eigenvalue weighted by atomic mass is 16.5. The van der Waals surface area contributed by atoms with Crippen LogP contribution in [0.2, 0.25) is 0 Å². The summed E-state index contributed by atoms with van der Waals surface area (Å²) in [5, 5.41) is 12.6. The third-order valence-corrected chi connectivity index (χ3v) is 5.84. The molecular weight excluding hydrogens is 404 g/mol. The number of benzene rings is 2. The molecule has 7 nitrogen and oxygen atoms in total. The molecule has 1 fully saturated rings. The quantitative estimate of drug-likeness (QED) is 0.570. The molecule has 0 atom stereocenters. The van der Waals surface area contributed by atoms with Crippen LogP contribution in [-0.2, 0) is 26.7 Å². The molecule has 1 amide bonds. The van der Waals surface area contributed by atoms with E-state index in [4.69, 9.17) is 4.74 Å². The normalized spacial score (nSPS) is 14.9. The largest absolute Gasteiger partial charge is 0.486 e. The number of amides is 1. The zero-order valence-electron chi connectivity index (χ0n) is 18.4. The first-order valence-corrected chi connectivity index (χ1v) is 11.0. The molecule has 1 saturated heterocycles. The van der Waals surface area contributed by atoms with E-state index in [0.717, 1.165) is 43.9 Å². The number of carbonyl (C=O) groups is 1. The Hall–Kier alpha value is -3.16. The summed E-state index contributed by atoms with van der Waals surface area (Å²) in [5.41, 5.74) is 2.90. The summed E-state index contributed by atoms with van der Waals surface area (Å²) in [6, 6.07) is 15.5. The van der Waals surface area contributed by atoms with Crippen LogP contribution in [0, 0.1) is 0 Å². The van der Waals surface area contributed by atoms with Crippen LogP contribution in [0.5, 0.6) is 5.75 Å². The number of imidazole rings is 1. The predicted molar refractivity (Wildman–Crippen MR) is 122 cm³/mol. The first-order valence-electron chi connectivity index (χ1n) is 11.0. The van der Waals surface area contributed by atoms with Gasteiger partial charge in [0.05, 0.1) is 6.10 Å². The van der Waals surface area contributed by atoms with Gasteiger partial charge in [0, 0.05) is 51.2 Å². The van der Waals surface area contributed by atoms with Gasteiger partial charge in [0.2, 0.25) is 0 Å². The molecule has 0 saturated carbocycles. The third-order valence-electron chi connectivity index (χ3n) is 5.84. The number of nitrogens with one attached hydrogen (secondary N) is 1. The molecule has 168 valence electrons. The molecular formula is C25H30N4O3. The molecule has 2 heterocycles. The van der Waals surface area contributed by atoms with E-state index in [1.807, 2.05) is 17.8 Å². The minimum atomic E-state index is -0.146. The highest BCUT2D eigenvalue weighted by Crippen LogP contribution is 2.16. The maximum Gasteiger partial charge on any atom is 0.251 e. The van der Waals surface area contributed by atoms with E-state index >= 15 is 0 Å². The van der Waals surface area contributed by atoms with Crippen LogP contribution in [0.4, 0.5) is 0 Å². The highest BCUT2D eigenvalue weighted by molar-refractivity contribution is 5.94. The lowest BCUT2D eigenvalue weighted by molar-refractivity contribution is 0.0792. The number of ether oxygens (including phenoxy) is 1. The standard InChI is InChI=1S/C25H30N4O3/c1-28-15-12-26-24(28)18-32-23-8-6-21(7-9-23)25(31)27-16-19-2-4-20(5-3-19)17-29-13-10-22(30)11-14-29/h2-9,12,15,22,30H,10-11,13-14,16-18H2,1H3,(H,27,31). The Bertz CT molecular complexity index is 1010. The molecule has 0 unspecified atom stereocenters. The minimum absolute atomic E-state index is 0.114. The number of piperidine rings is 1. The van der Waals surface area contributed by atoms with Gasteiger partial charge in [-0.15, -0.1) is 0 Å². The lowest BCUT2D eigenvalue weighted by Crippen LogP contribution is -2.35. The Kier molecular flexibility index (Phi) is 7.19. The van der Waals surface area contributed by atoms with Crippen LogP contribution in [0.25, 0.3) is 0 Å². The maximum absolute atomic E-state index is 12.5. The zero-order chi connectivity index (χ0) is 22.3. The van der Waals surface area contributed by atoms with E-state index in [-0.39, 0.29) is 12.0 Å². The average molecular weight is 435 g/mol. The fraction of sp³-hybridized carbons (Fsp3) is 0.360. The second-order valence-corrected chi connectivity index (χ2v) is 8.27. The summed E-state index contributed by atoms with van der Waals surface area (Å²) >= 11 is 0. The van der Waals surface area contributed by atoms with Crippen molar-refractivity contribution in [3.8, 4) is 5.75 Å². The number of aliphatic hydroxyl groups is 1. The van der Waals surface area contributed by atoms with Crippen molar-refractivity contribution < 1.29 is 14.6 Å². The summed E-state index contributed by atoms with van der Waals surface area (Å²) < 4.78 is 7.65. The third kappa shape index (κ3) is 5.96. The molecule has 2 aromatic carbocycles. The van der Waals surface area contributed by atoms with Gasteiger partial charge in [-0.2, -0.15) is 0 Å². The van der Waals surface area contributed by atoms with Gasteiger partial charge in [-0.1, -0.05) is 24.3 Å².